The van der Waals surface area contributed by atoms with Crippen molar-refractivity contribution < 1.29 is 14.7 Å². The Balaban J connectivity index is 1.78. The third kappa shape index (κ3) is 1.65. The fraction of sp³-hybridized carbons (Fsp3) is 0.385. The van der Waals surface area contributed by atoms with Gasteiger partial charge in [0, 0.05) is 0 Å². The van der Waals surface area contributed by atoms with Crippen molar-refractivity contribution in [1.82, 2.24) is 4.90 Å². The molecule has 1 aromatic carbocycles. The third-order valence-corrected chi connectivity index (χ3v) is 3.47. The average molecular weight is 231 g/mol. The number of amides is 2. The Morgan fingerprint density at radius 2 is 1.82 bits per heavy atom. The molecule has 0 aromatic heterocycles. The van der Waals surface area contributed by atoms with Crippen LogP contribution in [-0.4, -0.2) is 21.8 Å². The van der Waals surface area contributed by atoms with E-state index in [1.54, 1.807) is 0 Å². The monoisotopic (exact) mass is 231 g/mol. The van der Waals surface area contributed by atoms with Gasteiger partial charge in [-0.25, -0.2) is 0 Å². The predicted octanol–water partition coefficient (Wildman–Crippen LogP) is 0.684. The summed E-state index contributed by atoms with van der Waals surface area (Å²) in [6.07, 6.45) is 0.741. The fourth-order valence-electron chi connectivity index (χ4n) is 2.41. The third-order valence-electron chi connectivity index (χ3n) is 3.47. The number of piperidine rings is 1. The van der Waals surface area contributed by atoms with Crippen molar-refractivity contribution >= 4 is 11.8 Å². The lowest BCUT2D eigenvalue weighted by atomic mass is 10.1. The summed E-state index contributed by atoms with van der Waals surface area (Å²) in [6.45, 7) is 0.305. The number of hydrogen-bond donors (Lipinski definition) is 1. The molecule has 3 rings (SSSR count). The number of nitrogens with zero attached hydrogens (tertiary/aromatic N) is 1. The van der Waals surface area contributed by atoms with Crippen LogP contribution in [0.2, 0.25) is 0 Å². The molecule has 1 saturated heterocycles. The Hall–Kier alpha value is -1.68. The van der Waals surface area contributed by atoms with Crippen molar-refractivity contribution in [2.45, 2.75) is 19.6 Å². The summed E-state index contributed by atoms with van der Waals surface area (Å²) >= 11 is 0. The van der Waals surface area contributed by atoms with Gasteiger partial charge in [0.1, 0.15) is 0 Å². The first-order valence-electron chi connectivity index (χ1n) is 5.74. The van der Waals surface area contributed by atoms with Gasteiger partial charge in [-0.3, -0.25) is 14.5 Å². The maximum atomic E-state index is 11.8. The number of aliphatic hydroxyl groups excluding tert-OH is 1. The van der Waals surface area contributed by atoms with Crippen molar-refractivity contribution in [3.63, 3.8) is 0 Å². The zero-order valence-corrected chi connectivity index (χ0v) is 9.30. The summed E-state index contributed by atoms with van der Waals surface area (Å²) in [7, 11) is 0. The van der Waals surface area contributed by atoms with Crippen molar-refractivity contribution in [3.05, 3.63) is 35.4 Å². The molecule has 2 atom stereocenters. The number of aliphatic hydroxyl groups is 1. The van der Waals surface area contributed by atoms with E-state index in [0.717, 1.165) is 17.5 Å². The molecule has 1 saturated carbocycles. The average Bonchev–Trinajstić information content (AvgIpc) is 3.10. The maximum absolute atomic E-state index is 11.8. The second-order valence-electron chi connectivity index (χ2n) is 4.69. The molecule has 0 spiro atoms. The smallest absolute Gasteiger partial charge is 0.233 e. The number of carbonyl (C=O) groups excluding carboxylic acids is 2. The fourth-order valence-corrected chi connectivity index (χ4v) is 2.41. The van der Waals surface area contributed by atoms with E-state index in [1.807, 2.05) is 24.3 Å². The summed E-state index contributed by atoms with van der Waals surface area (Å²) in [5.41, 5.74) is 1.69. The van der Waals surface area contributed by atoms with Crippen molar-refractivity contribution in [2.75, 3.05) is 0 Å². The van der Waals surface area contributed by atoms with Gasteiger partial charge in [0.05, 0.1) is 25.0 Å². The van der Waals surface area contributed by atoms with Crippen molar-refractivity contribution in [1.29, 1.82) is 0 Å². The number of likely N-dealkylation sites (tertiary alicyclic amines) is 1. The van der Waals surface area contributed by atoms with Crippen LogP contribution in [0.25, 0.3) is 0 Å². The molecule has 1 N–H and O–H groups in total. The van der Waals surface area contributed by atoms with Gasteiger partial charge >= 0.3 is 0 Å². The summed E-state index contributed by atoms with van der Waals surface area (Å²) in [6, 6.07) is 7.33. The van der Waals surface area contributed by atoms with E-state index in [-0.39, 0.29) is 30.3 Å². The molecule has 17 heavy (non-hydrogen) atoms. The van der Waals surface area contributed by atoms with Gasteiger partial charge in [0.2, 0.25) is 11.8 Å². The molecule has 2 amide bonds. The molecule has 1 heterocycles. The zero-order valence-electron chi connectivity index (χ0n) is 9.30. The topological polar surface area (TPSA) is 57.6 Å². The van der Waals surface area contributed by atoms with Gasteiger partial charge in [0.25, 0.3) is 0 Å². The lowest BCUT2D eigenvalue weighted by Crippen LogP contribution is -2.32. The number of hydrogen-bond acceptors (Lipinski definition) is 3. The molecule has 1 aliphatic heterocycles. The van der Waals surface area contributed by atoms with E-state index in [0.29, 0.717) is 6.54 Å². The molecule has 0 bridgehead atoms. The Kier molecular flexibility index (Phi) is 2.26. The lowest BCUT2D eigenvalue weighted by molar-refractivity contribution is -0.142. The van der Waals surface area contributed by atoms with Gasteiger partial charge in [0.15, 0.2) is 0 Å². The van der Waals surface area contributed by atoms with Crippen LogP contribution >= 0.6 is 0 Å². The first-order valence-corrected chi connectivity index (χ1v) is 5.74. The van der Waals surface area contributed by atoms with Crippen LogP contribution < -0.4 is 0 Å². The van der Waals surface area contributed by atoms with Crippen molar-refractivity contribution in [2.24, 2.45) is 11.8 Å². The van der Waals surface area contributed by atoms with E-state index in [4.69, 9.17) is 5.11 Å². The SMILES string of the molecule is O=C1C2CC2C(=O)N1Cc1cccc(CO)c1. The minimum atomic E-state index is -0.0384. The molecule has 1 aliphatic carbocycles. The van der Waals surface area contributed by atoms with E-state index in [1.165, 1.54) is 4.90 Å². The molecule has 1 aromatic rings. The van der Waals surface area contributed by atoms with Gasteiger partial charge in [-0.15, -0.1) is 0 Å². The lowest BCUT2D eigenvalue weighted by Gasteiger charge is -2.16. The first kappa shape index (κ1) is 10.5. The highest BCUT2D eigenvalue weighted by Gasteiger charge is 2.58. The molecular weight excluding hydrogens is 218 g/mol. The van der Waals surface area contributed by atoms with E-state index >= 15 is 0 Å². The highest BCUT2D eigenvalue weighted by atomic mass is 16.3. The summed E-state index contributed by atoms with van der Waals surface area (Å²) < 4.78 is 0. The Morgan fingerprint density at radius 3 is 2.47 bits per heavy atom. The second kappa shape index (κ2) is 3.67. The van der Waals surface area contributed by atoms with Gasteiger partial charge in [-0.1, -0.05) is 24.3 Å². The van der Waals surface area contributed by atoms with Crippen LogP contribution in [0, 0.1) is 11.8 Å². The maximum Gasteiger partial charge on any atom is 0.233 e. The Morgan fingerprint density at radius 1 is 1.18 bits per heavy atom. The van der Waals surface area contributed by atoms with E-state index in [2.05, 4.69) is 0 Å². The molecule has 2 fully saturated rings. The molecule has 4 heteroatoms. The summed E-state index contributed by atoms with van der Waals surface area (Å²) in [4.78, 5) is 24.9. The zero-order chi connectivity index (χ0) is 12.0. The van der Waals surface area contributed by atoms with Crippen LogP contribution in [-0.2, 0) is 22.7 Å². The van der Waals surface area contributed by atoms with Crippen LogP contribution in [0.15, 0.2) is 24.3 Å². The van der Waals surface area contributed by atoms with Crippen LogP contribution in [0.1, 0.15) is 17.5 Å². The van der Waals surface area contributed by atoms with E-state index < -0.39 is 0 Å². The van der Waals surface area contributed by atoms with Gasteiger partial charge < -0.3 is 5.11 Å². The van der Waals surface area contributed by atoms with Crippen LogP contribution in [0.4, 0.5) is 0 Å². The second-order valence-corrected chi connectivity index (χ2v) is 4.69. The normalized spacial score (nSPS) is 26.3. The number of benzene rings is 1. The van der Waals surface area contributed by atoms with Gasteiger partial charge in [-0.2, -0.15) is 0 Å². The first-order chi connectivity index (χ1) is 8.20. The summed E-state index contributed by atoms with van der Waals surface area (Å²) in [5.74, 6) is -0.143. The number of rotatable bonds is 3. The molecule has 2 unspecified atom stereocenters. The molecular formula is C13H13NO3. The van der Waals surface area contributed by atoms with Crippen molar-refractivity contribution in [3.8, 4) is 0 Å². The van der Waals surface area contributed by atoms with Crippen LogP contribution in [0.3, 0.4) is 0 Å². The molecule has 0 radical (unpaired) electrons. The summed E-state index contributed by atoms with van der Waals surface area (Å²) in [5, 5.41) is 9.03. The molecule has 2 aliphatic rings. The minimum Gasteiger partial charge on any atom is -0.392 e. The van der Waals surface area contributed by atoms with E-state index in [9.17, 15) is 9.59 Å². The predicted molar refractivity (Wildman–Crippen MR) is 59.5 cm³/mol. The molecule has 88 valence electrons. The number of carbonyl (C=O) groups is 2. The Labute approximate surface area is 98.9 Å². The quantitative estimate of drug-likeness (QED) is 0.778. The Bertz CT molecular complexity index is 477. The highest BCUT2D eigenvalue weighted by molar-refractivity contribution is 6.08. The largest absolute Gasteiger partial charge is 0.392 e. The highest BCUT2D eigenvalue weighted by Crippen LogP contribution is 2.47. The minimum absolute atomic E-state index is 0.0268. The number of imide groups is 1. The number of fused-ring (bicyclic) bond motifs is 1. The van der Waals surface area contributed by atoms with Crippen LogP contribution in [0.5, 0.6) is 0 Å². The molecule has 4 nitrogen and oxygen atoms in total. The van der Waals surface area contributed by atoms with Gasteiger partial charge in [-0.05, 0) is 17.5 Å². The standard InChI is InChI=1S/C13H13NO3/c15-7-9-3-1-2-8(4-9)6-14-12(16)10-5-11(10)13(14)17/h1-4,10-11,15H,5-7H2.